The molecule has 0 fully saturated rings. The van der Waals surface area contributed by atoms with Crippen LogP contribution in [0.3, 0.4) is 0 Å². The van der Waals surface area contributed by atoms with Crippen LogP contribution in [0.15, 0.2) is 48.8 Å². The summed E-state index contributed by atoms with van der Waals surface area (Å²) in [7, 11) is 0. The molecule has 0 spiro atoms. The largest absolute Gasteiger partial charge is 0.478 e. The molecule has 2 aromatic rings. The van der Waals surface area contributed by atoms with Crippen LogP contribution >= 0.6 is 0 Å². The first-order valence-corrected chi connectivity index (χ1v) is 6.29. The van der Waals surface area contributed by atoms with Gasteiger partial charge in [0.1, 0.15) is 0 Å². The second kappa shape index (κ2) is 6.47. The molecule has 5 nitrogen and oxygen atoms in total. The van der Waals surface area contributed by atoms with E-state index in [9.17, 15) is 9.59 Å². The van der Waals surface area contributed by atoms with E-state index in [2.05, 4.69) is 10.3 Å². The summed E-state index contributed by atoms with van der Waals surface area (Å²) in [5, 5.41) is 11.5. The molecule has 0 aliphatic rings. The van der Waals surface area contributed by atoms with E-state index in [1.165, 1.54) is 24.5 Å². The molecule has 1 aromatic carbocycles. The molecule has 5 heteroatoms. The van der Waals surface area contributed by atoms with Gasteiger partial charge in [0.15, 0.2) is 0 Å². The number of pyridine rings is 1. The summed E-state index contributed by atoms with van der Waals surface area (Å²) in [6.07, 6.45) is 5.68. The second-order valence-corrected chi connectivity index (χ2v) is 4.46. The molecule has 1 heterocycles. The maximum atomic E-state index is 11.8. The Morgan fingerprint density at radius 1 is 1.19 bits per heavy atom. The highest BCUT2D eigenvalue weighted by Gasteiger charge is 2.10. The SMILES string of the molecule is Cc1ccc(C=CC(=O)Nc2cnccc2C(=O)O)cc1. The minimum atomic E-state index is -1.12. The third-order valence-corrected chi connectivity index (χ3v) is 2.81. The van der Waals surface area contributed by atoms with Crippen LogP contribution in [-0.4, -0.2) is 22.0 Å². The van der Waals surface area contributed by atoms with Crippen molar-refractivity contribution >= 4 is 23.6 Å². The van der Waals surface area contributed by atoms with Gasteiger partial charge in [-0.25, -0.2) is 4.79 Å². The van der Waals surface area contributed by atoms with E-state index < -0.39 is 11.9 Å². The fourth-order valence-electron chi connectivity index (χ4n) is 1.70. The number of aryl methyl sites for hydroxylation is 1. The molecular formula is C16H14N2O3. The van der Waals surface area contributed by atoms with Gasteiger partial charge < -0.3 is 10.4 Å². The van der Waals surface area contributed by atoms with E-state index in [0.29, 0.717) is 0 Å². The number of nitrogens with zero attached hydrogens (tertiary/aromatic N) is 1. The van der Waals surface area contributed by atoms with Gasteiger partial charge >= 0.3 is 5.97 Å². The lowest BCUT2D eigenvalue weighted by atomic mass is 10.1. The van der Waals surface area contributed by atoms with Crippen molar-refractivity contribution in [2.45, 2.75) is 6.92 Å². The van der Waals surface area contributed by atoms with Gasteiger partial charge in [0.2, 0.25) is 5.91 Å². The zero-order valence-corrected chi connectivity index (χ0v) is 11.4. The molecule has 106 valence electrons. The van der Waals surface area contributed by atoms with Gasteiger partial charge in [-0.15, -0.1) is 0 Å². The standard InChI is InChI=1S/C16H14N2O3/c1-11-2-4-12(5-3-11)6-7-15(19)18-14-10-17-9-8-13(14)16(20)21/h2-10H,1H3,(H,18,19)(H,20,21). The van der Waals surface area contributed by atoms with Gasteiger partial charge in [-0.3, -0.25) is 9.78 Å². The van der Waals surface area contributed by atoms with E-state index in [1.54, 1.807) is 6.08 Å². The highest BCUT2D eigenvalue weighted by atomic mass is 16.4. The lowest BCUT2D eigenvalue weighted by molar-refractivity contribution is -0.111. The Labute approximate surface area is 122 Å². The Kier molecular flexibility index (Phi) is 4.46. The van der Waals surface area contributed by atoms with Crippen LogP contribution in [0.5, 0.6) is 0 Å². The molecule has 2 rings (SSSR count). The lowest BCUT2D eigenvalue weighted by Gasteiger charge is -2.05. The van der Waals surface area contributed by atoms with Gasteiger partial charge in [-0.1, -0.05) is 29.8 Å². The first kappa shape index (κ1) is 14.5. The van der Waals surface area contributed by atoms with Gasteiger partial charge in [-0.05, 0) is 24.6 Å². The highest BCUT2D eigenvalue weighted by Crippen LogP contribution is 2.13. The van der Waals surface area contributed by atoms with Crippen molar-refractivity contribution in [3.8, 4) is 0 Å². The minimum absolute atomic E-state index is 0.00193. The number of carbonyl (C=O) groups is 2. The third kappa shape index (κ3) is 4.01. The van der Waals surface area contributed by atoms with Crippen molar-refractivity contribution < 1.29 is 14.7 Å². The van der Waals surface area contributed by atoms with Crippen LogP contribution in [0.1, 0.15) is 21.5 Å². The van der Waals surface area contributed by atoms with Crippen molar-refractivity contribution in [3.05, 3.63) is 65.5 Å². The summed E-state index contributed by atoms with van der Waals surface area (Å²) < 4.78 is 0. The average molecular weight is 282 g/mol. The summed E-state index contributed by atoms with van der Waals surface area (Å²) in [5.41, 5.74) is 2.20. The van der Waals surface area contributed by atoms with Gasteiger partial charge in [0.05, 0.1) is 17.4 Å². The molecule has 1 aromatic heterocycles. The van der Waals surface area contributed by atoms with Gasteiger partial charge in [0, 0.05) is 12.3 Å². The number of aromatic carboxylic acids is 1. The van der Waals surface area contributed by atoms with Crippen LogP contribution in [0.25, 0.3) is 6.08 Å². The Morgan fingerprint density at radius 3 is 2.57 bits per heavy atom. The maximum Gasteiger partial charge on any atom is 0.337 e. The van der Waals surface area contributed by atoms with Crippen LogP contribution in [0.4, 0.5) is 5.69 Å². The van der Waals surface area contributed by atoms with Crippen molar-refractivity contribution in [2.75, 3.05) is 5.32 Å². The number of rotatable bonds is 4. The number of benzene rings is 1. The summed E-state index contributed by atoms with van der Waals surface area (Å²) >= 11 is 0. The van der Waals surface area contributed by atoms with Gasteiger partial charge in [0.25, 0.3) is 0 Å². The molecule has 1 amide bonds. The Hall–Kier alpha value is -2.95. The lowest BCUT2D eigenvalue weighted by Crippen LogP contribution is -2.12. The predicted molar refractivity (Wildman–Crippen MR) is 80.0 cm³/mol. The number of hydrogen-bond donors (Lipinski definition) is 2. The second-order valence-electron chi connectivity index (χ2n) is 4.46. The number of amides is 1. The first-order valence-electron chi connectivity index (χ1n) is 6.29. The number of aromatic nitrogens is 1. The Morgan fingerprint density at radius 2 is 1.90 bits per heavy atom. The van der Waals surface area contributed by atoms with Crippen LogP contribution < -0.4 is 5.32 Å². The predicted octanol–water partition coefficient (Wildman–Crippen LogP) is 2.74. The monoisotopic (exact) mass is 282 g/mol. The number of carboxylic acids is 1. The number of nitrogens with one attached hydrogen (secondary N) is 1. The molecule has 0 aliphatic carbocycles. The Balaban J connectivity index is 2.08. The summed E-state index contributed by atoms with van der Waals surface area (Å²) in [5.74, 6) is -1.53. The van der Waals surface area contributed by atoms with E-state index in [1.807, 2.05) is 31.2 Å². The number of carboxylic acid groups (broad SMARTS) is 1. The quantitative estimate of drug-likeness (QED) is 0.845. The smallest absolute Gasteiger partial charge is 0.337 e. The third-order valence-electron chi connectivity index (χ3n) is 2.81. The molecule has 0 saturated carbocycles. The number of hydrogen-bond acceptors (Lipinski definition) is 3. The molecule has 0 saturated heterocycles. The number of carbonyl (C=O) groups excluding carboxylic acids is 1. The van der Waals surface area contributed by atoms with E-state index in [4.69, 9.17) is 5.11 Å². The summed E-state index contributed by atoms with van der Waals surface area (Å²) in [6.45, 7) is 1.98. The normalized spacial score (nSPS) is 10.5. The molecule has 0 unspecified atom stereocenters. The molecule has 0 atom stereocenters. The van der Waals surface area contributed by atoms with E-state index in [0.717, 1.165) is 11.1 Å². The zero-order chi connectivity index (χ0) is 15.2. The number of anilines is 1. The topological polar surface area (TPSA) is 79.3 Å². The fraction of sp³-hybridized carbons (Fsp3) is 0.0625. The zero-order valence-electron chi connectivity index (χ0n) is 11.4. The van der Waals surface area contributed by atoms with Crippen molar-refractivity contribution in [1.29, 1.82) is 0 Å². The summed E-state index contributed by atoms with van der Waals surface area (Å²) in [6, 6.07) is 9.02. The molecular weight excluding hydrogens is 268 g/mol. The average Bonchev–Trinajstić information content (AvgIpc) is 2.47. The van der Waals surface area contributed by atoms with Crippen LogP contribution in [0, 0.1) is 6.92 Å². The van der Waals surface area contributed by atoms with Crippen LogP contribution in [0.2, 0.25) is 0 Å². The van der Waals surface area contributed by atoms with E-state index >= 15 is 0 Å². The maximum absolute atomic E-state index is 11.8. The van der Waals surface area contributed by atoms with Crippen molar-refractivity contribution in [2.24, 2.45) is 0 Å². The van der Waals surface area contributed by atoms with Crippen molar-refractivity contribution in [1.82, 2.24) is 4.98 Å². The molecule has 21 heavy (non-hydrogen) atoms. The van der Waals surface area contributed by atoms with Crippen LogP contribution in [-0.2, 0) is 4.79 Å². The first-order chi connectivity index (χ1) is 10.1. The van der Waals surface area contributed by atoms with E-state index in [-0.39, 0.29) is 11.3 Å². The van der Waals surface area contributed by atoms with Gasteiger partial charge in [-0.2, -0.15) is 0 Å². The molecule has 0 bridgehead atoms. The fourth-order valence-corrected chi connectivity index (χ4v) is 1.70. The minimum Gasteiger partial charge on any atom is -0.478 e. The van der Waals surface area contributed by atoms with Crippen molar-refractivity contribution in [3.63, 3.8) is 0 Å². The highest BCUT2D eigenvalue weighted by molar-refractivity contribution is 6.05. The molecule has 0 aliphatic heterocycles. The molecule has 0 radical (unpaired) electrons. The summed E-state index contributed by atoms with van der Waals surface area (Å²) in [4.78, 5) is 26.6. The molecule has 2 N–H and O–H groups in total. The Bertz CT molecular complexity index is 691.